The molecular formula is C18H18F2N4. The van der Waals surface area contributed by atoms with E-state index in [1.54, 1.807) is 12.4 Å². The Hall–Kier alpha value is -2.60. The molecule has 0 unspecified atom stereocenters. The Morgan fingerprint density at radius 3 is 2.75 bits per heavy atom. The second-order valence-electron chi connectivity index (χ2n) is 5.66. The summed E-state index contributed by atoms with van der Waals surface area (Å²) < 4.78 is 28.5. The maximum absolute atomic E-state index is 14.0. The molecule has 3 rings (SSSR count). The molecule has 0 fully saturated rings. The molecule has 0 radical (unpaired) electrons. The number of benzene rings is 1. The number of nitrogens with zero attached hydrogens (tertiary/aromatic N) is 3. The van der Waals surface area contributed by atoms with Gasteiger partial charge in [-0.3, -0.25) is 4.98 Å². The van der Waals surface area contributed by atoms with Crippen LogP contribution in [0.15, 0.2) is 48.9 Å². The van der Waals surface area contributed by atoms with Gasteiger partial charge < -0.3 is 5.32 Å². The third kappa shape index (κ3) is 3.33. The Morgan fingerprint density at radius 1 is 1.21 bits per heavy atom. The molecule has 3 aromatic rings. The largest absolute Gasteiger partial charge is 0.306 e. The fourth-order valence-corrected chi connectivity index (χ4v) is 2.63. The van der Waals surface area contributed by atoms with Crippen molar-refractivity contribution in [2.75, 3.05) is 0 Å². The lowest BCUT2D eigenvalue weighted by Crippen LogP contribution is -2.18. The molecule has 124 valence electrons. The molecule has 1 N–H and O–H groups in total. The van der Waals surface area contributed by atoms with E-state index in [1.807, 2.05) is 32.2 Å². The molecule has 0 amide bonds. The number of aromatic nitrogens is 3. The molecule has 1 atom stereocenters. The van der Waals surface area contributed by atoms with E-state index >= 15 is 0 Å². The van der Waals surface area contributed by atoms with E-state index in [4.69, 9.17) is 0 Å². The number of halogens is 2. The van der Waals surface area contributed by atoms with Crippen LogP contribution in [0, 0.1) is 18.6 Å². The highest BCUT2D eigenvalue weighted by molar-refractivity contribution is 5.37. The van der Waals surface area contributed by atoms with Crippen LogP contribution in [0.3, 0.4) is 0 Å². The topological polar surface area (TPSA) is 42.7 Å². The summed E-state index contributed by atoms with van der Waals surface area (Å²) in [6.07, 6.45) is 5.25. The van der Waals surface area contributed by atoms with Crippen molar-refractivity contribution in [3.8, 4) is 5.69 Å². The lowest BCUT2D eigenvalue weighted by molar-refractivity contribution is 0.566. The first kappa shape index (κ1) is 16.3. The summed E-state index contributed by atoms with van der Waals surface area (Å²) in [6, 6.07) is 7.40. The van der Waals surface area contributed by atoms with Crippen LogP contribution in [-0.2, 0) is 6.54 Å². The predicted molar refractivity (Wildman–Crippen MR) is 87.7 cm³/mol. The first-order valence-electron chi connectivity index (χ1n) is 7.68. The quantitative estimate of drug-likeness (QED) is 0.776. The van der Waals surface area contributed by atoms with Crippen molar-refractivity contribution in [1.82, 2.24) is 20.1 Å². The van der Waals surface area contributed by atoms with Crippen molar-refractivity contribution in [2.45, 2.75) is 26.4 Å². The van der Waals surface area contributed by atoms with Gasteiger partial charge in [0.25, 0.3) is 0 Å². The zero-order valence-electron chi connectivity index (χ0n) is 13.5. The zero-order chi connectivity index (χ0) is 17.1. The molecule has 0 saturated heterocycles. The molecule has 2 heterocycles. The van der Waals surface area contributed by atoms with Crippen molar-refractivity contribution < 1.29 is 8.78 Å². The van der Waals surface area contributed by atoms with Gasteiger partial charge in [-0.05, 0) is 37.6 Å². The Labute approximate surface area is 139 Å². The van der Waals surface area contributed by atoms with Crippen LogP contribution in [0.5, 0.6) is 0 Å². The van der Waals surface area contributed by atoms with Gasteiger partial charge in [0.05, 0.1) is 6.20 Å². The van der Waals surface area contributed by atoms with Crippen LogP contribution < -0.4 is 5.32 Å². The van der Waals surface area contributed by atoms with E-state index < -0.39 is 11.6 Å². The van der Waals surface area contributed by atoms with Crippen LogP contribution in [-0.4, -0.2) is 14.8 Å². The van der Waals surface area contributed by atoms with Gasteiger partial charge in [-0.1, -0.05) is 6.07 Å². The SMILES string of the molecule is Cc1c([C@@H](C)NCc2cccnc2)cnn1-c1ccc(F)cc1F. The highest BCUT2D eigenvalue weighted by atomic mass is 19.1. The Morgan fingerprint density at radius 2 is 2.04 bits per heavy atom. The van der Waals surface area contributed by atoms with Gasteiger partial charge in [-0.15, -0.1) is 0 Å². The number of nitrogens with one attached hydrogen (secondary N) is 1. The second-order valence-corrected chi connectivity index (χ2v) is 5.66. The van der Waals surface area contributed by atoms with Gasteiger partial charge in [-0.2, -0.15) is 5.10 Å². The fourth-order valence-electron chi connectivity index (χ4n) is 2.63. The summed E-state index contributed by atoms with van der Waals surface area (Å²) in [5.41, 5.74) is 3.09. The van der Waals surface area contributed by atoms with Crippen LogP contribution >= 0.6 is 0 Å². The molecule has 0 aliphatic rings. The van der Waals surface area contributed by atoms with Gasteiger partial charge in [0.2, 0.25) is 0 Å². The highest BCUT2D eigenvalue weighted by Crippen LogP contribution is 2.22. The third-order valence-corrected chi connectivity index (χ3v) is 3.99. The van der Waals surface area contributed by atoms with Gasteiger partial charge in [0.15, 0.2) is 5.82 Å². The molecule has 0 aliphatic carbocycles. The first-order valence-corrected chi connectivity index (χ1v) is 7.68. The maximum atomic E-state index is 14.0. The molecule has 4 nitrogen and oxygen atoms in total. The van der Waals surface area contributed by atoms with Crippen molar-refractivity contribution in [1.29, 1.82) is 0 Å². The smallest absolute Gasteiger partial charge is 0.151 e. The number of hydrogen-bond acceptors (Lipinski definition) is 3. The minimum atomic E-state index is -0.635. The van der Waals surface area contributed by atoms with E-state index in [0.29, 0.717) is 6.54 Å². The van der Waals surface area contributed by atoms with Crippen LogP contribution in [0.4, 0.5) is 8.78 Å². The normalized spacial score (nSPS) is 12.3. The summed E-state index contributed by atoms with van der Waals surface area (Å²) in [5, 5.41) is 7.65. The fraction of sp³-hybridized carbons (Fsp3) is 0.222. The van der Waals surface area contributed by atoms with E-state index in [-0.39, 0.29) is 11.7 Å². The van der Waals surface area contributed by atoms with Gasteiger partial charge in [0.1, 0.15) is 11.5 Å². The summed E-state index contributed by atoms with van der Waals surface area (Å²) in [4.78, 5) is 4.08. The molecule has 0 aliphatic heterocycles. The van der Waals surface area contributed by atoms with E-state index in [0.717, 1.165) is 22.9 Å². The molecule has 0 bridgehead atoms. The van der Waals surface area contributed by atoms with Crippen molar-refractivity contribution >= 4 is 0 Å². The molecule has 0 saturated carbocycles. The van der Waals surface area contributed by atoms with Gasteiger partial charge in [0, 0.05) is 42.3 Å². The van der Waals surface area contributed by atoms with E-state index in [1.165, 1.54) is 16.8 Å². The first-order chi connectivity index (χ1) is 11.6. The van der Waals surface area contributed by atoms with Crippen LogP contribution in [0.1, 0.15) is 29.8 Å². The average molecular weight is 328 g/mol. The summed E-state index contributed by atoms with van der Waals surface area (Å²) in [7, 11) is 0. The Balaban J connectivity index is 1.79. The minimum absolute atomic E-state index is 0.0301. The molecule has 0 spiro atoms. The predicted octanol–water partition coefficient (Wildman–Crippen LogP) is 3.70. The van der Waals surface area contributed by atoms with Crippen LogP contribution in [0.2, 0.25) is 0 Å². The molecule has 2 aromatic heterocycles. The number of rotatable bonds is 5. The standard InChI is InChI=1S/C18H18F2N4/c1-12(22-10-14-4-3-7-21-9-14)16-11-23-24(13(16)2)18-6-5-15(19)8-17(18)20/h3-9,11-12,22H,10H2,1-2H3/t12-/m1/s1. The minimum Gasteiger partial charge on any atom is -0.306 e. The number of hydrogen-bond donors (Lipinski definition) is 1. The van der Waals surface area contributed by atoms with E-state index in [2.05, 4.69) is 15.4 Å². The van der Waals surface area contributed by atoms with Crippen LogP contribution in [0.25, 0.3) is 5.69 Å². The van der Waals surface area contributed by atoms with Crippen molar-refractivity contribution in [3.05, 3.63) is 77.4 Å². The Bertz CT molecular complexity index is 830. The molecular weight excluding hydrogens is 310 g/mol. The number of pyridine rings is 1. The lowest BCUT2D eigenvalue weighted by atomic mass is 10.1. The highest BCUT2D eigenvalue weighted by Gasteiger charge is 2.16. The molecule has 6 heteroatoms. The second kappa shape index (κ2) is 6.88. The Kier molecular flexibility index (Phi) is 4.66. The van der Waals surface area contributed by atoms with E-state index in [9.17, 15) is 8.78 Å². The molecule has 1 aromatic carbocycles. The van der Waals surface area contributed by atoms with Crippen molar-refractivity contribution in [2.24, 2.45) is 0 Å². The monoisotopic (exact) mass is 328 g/mol. The van der Waals surface area contributed by atoms with Gasteiger partial charge >= 0.3 is 0 Å². The average Bonchev–Trinajstić information content (AvgIpc) is 2.95. The molecule has 24 heavy (non-hydrogen) atoms. The third-order valence-electron chi connectivity index (χ3n) is 3.99. The summed E-state index contributed by atoms with van der Waals surface area (Å²) >= 11 is 0. The zero-order valence-corrected chi connectivity index (χ0v) is 13.5. The lowest BCUT2D eigenvalue weighted by Gasteiger charge is -2.14. The maximum Gasteiger partial charge on any atom is 0.151 e. The summed E-state index contributed by atoms with van der Waals surface area (Å²) in [6.45, 7) is 4.56. The summed E-state index contributed by atoms with van der Waals surface area (Å²) in [5.74, 6) is -1.24. The van der Waals surface area contributed by atoms with Gasteiger partial charge in [-0.25, -0.2) is 13.5 Å². The van der Waals surface area contributed by atoms with Crippen molar-refractivity contribution in [3.63, 3.8) is 0 Å².